The monoisotopic (exact) mass is 269 g/mol. The summed E-state index contributed by atoms with van der Waals surface area (Å²) in [4.78, 5) is 11.1. The van der Waals surface area contributed by atoms with Crippen LogP contribution in [0.4, 0.5) is 5.82 Å². The smallest absolute Gasteiger partial charge is 0.137 e. The first-order chi connectivity index (χ1) is 8.67. The number of nitrogens with zero attached hydrogens (tertiary/aromatic N) is 3. The van der Waals surface area contributed by atoms with Crippen LogP contribution >= 0.6 is 11.6 Å². The Bertz CT molecular complexity index is 415. The molecule has 1 N–H and O–H groups in total. The highest BCUT2D eigenvalue weighted by atomic mass is 35.5. The van der Waals surface area contributed by atoms with Crippen LogP contribution in [0.2, 0.25) is 5.15 Å². The summed E-state index contributed by atoms with van der Waals surface area (Å²) in [6, 6.07) is 0. The molecule has 1 heterocycles. The van der Waals surface area contributed by atoms with Crippen LogP contribution in [0, 0.1) is 6.92 Å². The molecule has 0 bridgehead atoms. The van der Waals surface area contributed by atoms with E-state index in [9.17, 15) is 0 Å². The van der Waals surface area contributed by atoms with Crippen LogP contribution in [0.25, 0.3) is 0 Å². The minimum Gasteiger partial charge on any atom is -0.395 e. The fourth-order valence-electron chi connectivity index (χ4n) is 2.04. The highest BCUT2D eigenvalue weighted by Crippen LogP contribution is 2.39. The predicted octanol–water partition coefficient (Wildman–Crippen LogP) is 2.52. The number of hydrogen-bond acceptors (Lipinski definition) is 4. The van der Waals surface area contributed by atoms with E-state index in [1.54, 1.807) is 0 Å². The van der Waals surface area contributed by atoms with E-state index in [0.717, 1.165) is 43.0 Å². The average molecular weight is 270 g/mol. The molecule has 1 aliphatic rings. The van der Waals surface area contributed by atoms with E-state index in [4.69, 9.17) is 16.7 Å². The van der Waals surface area contributed by atoms with Crippen LogP contribution in [0.5, 0.6) is 0 Å². The Morgan fingerprint density at radius 1 is 1.33 bits per heavy atom. The molecule has 18 heavy (non-hydrogen) atoms. The molecule has 0 aromatic carbocycles. The first-order valence-electron chi connectivity index (χ1n) is 6.57. The Morgan fingerprint density at radius 2 is 2.06 bits per heavy atom. The van der Waals surface area contributed by atoms with Gasteiger partial charge in [-0.25, -0.2) is 9.97 Å². The summed E-state index contributed by atoms with van der Waals surface area (Å²) in [5.41, 5.74) is 0.906. The van der Waals surface area contributed by atoms with Crippen LogP contribution in [-0.2, 0) is 0 Å². The maximum atomic E-state index is 9.16. The molecule has 1 saturated carbocycles. The van der Waals surface area contributed by atoms with Crippen molar-refractivity contribution < 1.29 is 5.11 Å². The molecule has 0 amide bonds. The van der Waals surface area contributed by atoms with Gasteiger partial charge in [0.15, 0.2) is 0 Å². The van der Waals surface area contributed by atoms with Crippen molar-refractivity contribution in [3.63, 3.8) is 0 Å². The number of aromatic nitrogens is 2. The van der Waals surface area contributed by atoms with Gasteiger partial charge in [0.1, 0.15) is 16.8 Å². The maximum Gasteiger partial charge on any atom is 0.137 e. The van der Waals surface area contributed by atoms with Gasteiger partial charge < -0.3 is 10.0 Å². The lowest BCUT2D eigenvalue weighted by Crippen LogP contribution is -2.29. The third kappa shape index (κ3) is 2.93. The normalized spacial score (nSPS) is 14.9. The van der Waals surface area contributed by atoms with Gasteiger partial charge in [-0.2, -0.15) is 0 Å². The molecule has 5 heteroatoms. The van der Waals surface area contributed by atoms with Crippen LogP contribution in [-0.4, -0.2) is 34.8 Å². The quantitative estimate of drug-likeness (QED) is 0.807. The summed E-state index contributed by atoms with van der Waals surface area (Å²) in [5.74, 6) is 2.23. The summed E-state index contributed by atoms with van der Waals surface area (Å²) in [7, 11) is 0. The molecular formula is C13H20ClN3O. The molecule has 1 aromatic rings. The minimum absolute atomic E-state index is 0.125. The van der Waals surface area contributed by atoms with Crippen molar-refractivity contribution in [1.82, 2.24) is 9.97 Å². The minimum atomic E-state index is 0.125. The lowest BCUT2D eigenvalue weighted by atomic mass is 10.2. The Balaban J connectivity index is 2.33. The van der Waals surface area contributed by atoms with Gasteiger partial charge in [0, 0.05) is 24.6 Å². The molecular weight excluding hydrogens is 250 g/mol. The standard InChI is InChI=1S/C13H20ClN3O/c1-3-6-17(7-8-18)13-9(2)11(14)15-12(16-13)10-4-5-10/h10,18H,3-8H2,1-2H3. The van der Waals surface area contributed by atoms with Gasteiger partial charge in [-0.3, -0.25) is 0 Å². The van der Waals surface area contributed by atoms with Gasteiger partial charge in [0.25, 0.3) is 0 Å². The molecule has 1 aliphatic carbocycles. The Labute approximate surface area is 113 Å². The van der Waals surface area contributed by atoms with Crippen molar-refractivity contribution in [2.75, 3.05) is 24.6 Å². The molecule has 0 unspecified atom stereocenters. The molecule has 100 valence electrons. The molecule has 1 aromatic heterocycles. The Morgan fingerprint density at radius 3 is 2.61 bits per heavy atom. The largest absolute Gasteiger partial charge is 0.395 e. The predicted molar refractivity (Wildman–Crippen MR) is 73.3 cm³/mol. The van der Waals surface area contributed by atoms with E-state index in [2.05, 4.69) is 21.8 Å². The van der Waals surface area contributed by atoms with Crippen molar-refractivity contribution in [2.24, 2.45) is 0 Å². The third-order valence-corrected chi connectivity index (χ3v) is 3.55. The van der Waals surface area contributed by atoms with Gasteiger partial charge in [-0.05, 0) is 26.2 Å². The number of anilines is 1. The van der Waals surface area contributed by atoms with Crippen LogP contribution < -0.4 is 4.90 Å². The number of hydrogen-bond donors (Lipinski definition) is 1. The molecule has 1 fully saturated rings. The summed E-state index contributed by atoms with van der Waals surface area (Å²) in [6.45, 7) is 5.64. The fourth-order valence-corrected chi connectivity index (χ4v) is 2.21. The lowest BCUT2D eigenvalue weighted by molar-refractivity contribution is 0.301. The zero-order chi connectivity index (χ0) is 13.1. The zero-order valence-corrected chi connectivity index (χ0v) is 11.7. The van der Waals surface area contributed by atoms with Gasteiger partial charge >= 0.3 is 0 Å². The first-order valence-corrected chi connectivity index (χ1v) is 6.95. The van der Waals surface area contributed by atoms with Crippen molar-refractivity contribution in [3.8, 4) is 0 Å². The highest BCUT2D eigenvalue weighted by Gasteiger charge is 2.28. The topological polar surface area (TPSA) is 49.2 Å². The summed E-state index contributed by atoms with van der Waals surface area (Å²) >= 11 is 6.19. The molecule has 0 atom stereocenters. The van der Waals surface area contributed by atoms with Gasteiger partial charge in [0.05, 0.1) is 6.61 Å². The van der Waals surface area contributed by atoms with Gasteiger partial charge in [0.2, 0.25) is 0 Å². The first kappa shape index (κ1) is 13.6. The summed E-state index contributed by atoms with van der Waals surface area (Å²) in [6.07, 6.45) is 3.33. The van der Waals surface area contributed by atoms with Gasteiger partial charge in [-0.1, -0.05) is 18.5 Å². The highest BCUT2D eigenvalue weighted by molar-refractivity contribution is 6.30. The second-order valence-electron chi connectivity index (χ2n) is 4.81. The zero-order valence-electron chi connectivity index (χ0n) is 11.0. The number of halogens is 1. The molecule has 2 rings (SSSR count). The average Bonchev–Trinajstić information content (AvgIpc) is 3.16. The number of rotatable bonds is 6. The Hall–Kier alpha value is -0.870. The fraction of sp³-hybridized carbons (Fsp3) is 0.692. The number of aliphatic hydroxyl groups is 1. The molecule has 0 saturated heterocycles. The van der Waals surface area contributed by atoms with E-state index in [-0.39, 0.29) is 6.61 Å². The van der Waals surface area contributed by atoms with Crippen molar-refractivity contribution in [2.45, 2.75) is 39.0 Å². The van der Waals surface area contributed by atoms with Gasteiger partial charge in [-0.15, -0.1) is 0 Å². The van der Waals surface area contributed by atoms with Crippen LogP contribution in [0.3, 0.4) is 0 Å². The van der Waals surface area contributed by atoms with Crippen molar-refractivity contribution in [3.05, 3.63) is 16.5 Å². The maximum absolute atomic E-state index is 9.16. The lowest BCUT2D eigenvalue weighted by Gasteiger charge is -2.24. The van der Waals surface area contributed by atoms with Crippen molar-refractivity contribution in [1.29, 1.82) is 0 Å². The number of aliphatic hydroxyl groups excluding tert-OH is 1. The van der Waals surface area contributed by atoms with E-state index in [1.807, 2.05) is 6.92 Å². The summed E-state index contributed by atoms with van der Waals surface area (Å²) < 4.78 is 0. The summed E-state index contributed by atoms with van der Waals surface area (Å²) in [5, 5.41) is 9.70. The van der Waals surface area contributed by atoms with E-state index in [1.165, 1.54) is 0 Å². The van der Waals surface area contributed by atoms with E-state index < -0.39 is 0 Å². The van der Waals surface area contributed by atoms with E-state index >= 15 is 0 Å². The molecule has 0 aliphatic heterocycles. The second-order valence-corrected chi connectivity index (χ2v) is 5.16. The van der Waals surface area contributed by atoms with Crippen LogP contribution in [0.15, 0.2) is 0 Å². The van der Waals surface area contributed by atoms with E-state index in [0.29, 0.717) is 17.6 Å². The molecule has 0 spiro atoms. The Kier molecular flexibility index (Phi) is 4.40. The van der Waals surface area contributed by atoms with Crippen molar-refractivity contribution >= 4 is 17.4 Å². The molecule has 0 radical (unpaired) electrons. The second kappa shape index (κ2) is 5.85. The molecule has 4 nitrogen and oxygen atoms in total. The van der Waals surface area contributed by atoms with Crippen LogP contribution in [0.1, 0.15) is 43.5 Å². The third-order valence-electron chi connectivity index (χ3n) is 3.18. The SMILES string of the molecule is CCCN(CCO)c1nc(C2CC2)nc(Cl)c1C.